The number of aromatic amines is 1. The maximum absolute atomic E-state index is 11.4. The fourth-order valence-corrected chi connectivity index (χ4v) is 2.78. The summed E-state index contributed by atoms with van der Waals surface area (Å²) in [5, 5.41) is 13.8. The van der Waals surface area contributed by atoms with Gasteiger partial charge in [0.1, 0.15) is 5.75 Å². The highest BCUT2D eigenvalue weighted by Crippen LogP contribution is 2.23. The van der Waals surface area contributed by atoms with Crippen LogP contribution >= 0.6 is 0 Å². The Morgan fingerprint density at radius 3 is 2.88 bits per heavy atom. The minimum absolute atomic E-state index is 0.222. The molecule has 0 saturated carbocycles. The van der Waals surface area contributed by atoms with E-state index in [0.717, 1.165) is 11.9 Å². The van der Waals surface area contributed by atoms with E-state index in [1.54, 1.807) is 18.2 Å². The first-order valence-electron chi connectivity index (χ1n) is 7.98. The number of aromatic nitrogens is 1. The second kappa shape index (κ2) is 7.08. The summed E-state index contributed by atoms with van der Waals surface area (Å²) in [5.74, 6) is -0.400. The van der Waals surface area contributed by atoms with E-state index in [1.165, 1.54) is 10.9 Å². The van der Waals surface area contributed by atoms with E-state index in [-0.39, 0.29) is 5.56 Å². The summed E-state index contributed by atoms with van der Waals surface area (Å²) < 4.78 is 5.37. The van der Waals surface area contributed by atoms with Crippen LogP contribution < -0.4 is 10.1 Å². The Morgan fingerprint density at radius 2 is 2.08 bits per heavy atom. The lowest BCUT2D eigenvalue weighted by atomic mass is 10.1. The Balaban J connectivity index is 1.71. The van der Waals surface area contributed by atoms with Gasteiger partial charge in [-0.3, -0.25) is 0 Å². The molecule has 2 aromatic carbocycles. The van der Waals surface area contributed by atoms with Crippen molar-refractivity contribution in [2.75, 3.05) is 18.5 Å². The van der Waals surface area contributed by atoms with Crippen LogP contribution in [0, 0.1) is 0 Å². The van der Waals surface area contributed by atoms with Crippen molar-refractivity contribution >= 4 is 22.6 Å². The lowest BCUT2D eigenvalue weighted by Gasteiger charge is -2.11. The number of carbonyl (C=O) groups is 1. The molecule has 0 atom stereocenters. The summed E-state index contributed by atoms with van der Waals surface area (Å²) in [4.78, 5) is 14.7. The molecule has 5 nitrogen and oxygen atoms in total. The highest BCUT2D eigenvalue weighted by molar-refractivity contribution is 5.94. The molecule has 0 fully saturated rings. The van der Waals surface area contributed by atoms with Gasteiger partial charge >= 0.3 is 5.97 Å². The van der Waals surface area contributed by atoms with Gasteiger partial charge in [0.15, 0.2) is 0 Å². The molecule has 24 heavy (non-hydrogen) atoms. The van der Waals surface area contributed by atoms with Crippen molar-refractivity contribution < 1.29 is 14.6 Å². The quantitative estimate of drug-likeness (QED) is 0.616. The van der Waals surface area contributed by atoms with E-state index in [1.807, 2.05) is 31.3 Å². The molecular weight excluding hydrogens is 304 g/mol. The molecule has 0 bridgehead atoms. The second-order valence-electron chi connectivity index (χ2n) is 5.48. The number of rotatable bonds is 7. The van der Waals surface area contributed by atoms with Gasteiger partial charge in [0, 0.05) is 29.3 Å². The molecule has 1 aromatic heterocycles. The summed E-state index contributed by atoms with van der Waals surface area (Å²) in [6.45, 7) is 3.02. The van der Waals surface area contributed by atoms with Crippen LogP contribution in [0.4, 0.5) is 5.69 Å². The van der Waals surface area contributed by atoms with Crippen LogP contribution in [0.15, 0.2) is 48.7 Å². The van der Waals surface area contributed by atoms with Crippen molar-refractivity contribution in [1.29, 1.82) is 0 Å². The Morgan fingerprint density at radius 1 is 1.25 bits per heavy atom. The summed E-state index contributed by atoms with van der Waals surface area (Å²) in [7, 11) is 0. The molecule has 3 aromatic rings. The highest BCUT2D eigenvalue weighted by Gasteiger charge is 2.12. The predicted octanol–water partition coefficient (Wildman–Crippen LogP) is 3.92. The van der Waals surface area contributed by atoms with Gasteiger partial charge in [-0.15, -0.1) is 0 Å². The standard InChI is InChI=1S/C19H20N2O3/c1-2-24-14-7-8-18(16(11-14)19(22)23)20-10-9-13-12-21-17-6-4-3-5-15(13)17/h3-8,11-12,20-21H,2,9-10H2,1H3,(H,22,23). The average Bonchev–Trinajstić information content (AvgIpc) is 2.99. The third-order valence-corrected chi connectivity index (χ3v) is 3.92. The third kappa shape index (κ3) is 3.35. The average molecular weight is 324 g/mol. The van der Waals surface area contributed by atoms with Crippen LogP contribution in [0.25, 0.3) is 10.9 Å². The zero-order valence-electron chi connectivity index (χ0n) is 13.5. The lowest BCUT2D eigenvalue weighted by Crippen LogP contribution is -2.10. The Labute approximate surface area is 140 Å². The van der Waals surface area contributed by atoms with Crippen LogP contribution in [0.5, 0.6) is 5.75 Å². The zero-order chi connectivity index (χ0) is 16.9. The van der Waals surface area contributed by atoms with Crippen molar-refractivity contribution in [3.63, 3.8) is 0 Å². The summed E-state index contributed by atoms with van der Waals surface area (Å²) >= 11 is 0. The number of hydrogen-bond acceptors (Lipinski definition) is 3. The molecule has 0 aliphatic rings. The van der Waals surface area contributed by atoms with Gasteiger partial charge in [0.2, 0.25) is 0 Å². The Bertz CT molecular complexity index is 855. The van der Waals surface area contributed by atoms with Crippen molar-refractivity contribution in [3.05, 3.63) is 59.8 Å². The molecule has 1 heterocycles. The molecule has 124 valence electrons. The molecule has 3 N–H and O–H groups in total. The fourth-order valence-electron chi connectivity index (χ4n) is 2.78. The Kier molecular flexibility index (Phi) is 4.70. The zero-order valence-corrected chi connectivity index (χ0v) is 13.5. The van der Waals surface area contributed by atoms with E-state index in [4.69, 9.17) is 4.74 Å². The smallest absolute Gasteiger partial charge is 0.337 e. The first-order chi connectivity index (χ1) is 11.7. The first kappa shape index (κ1) is 15.9. The summed E-state index contributed by atoms with van der Waals surface area (Å²) in [5.41, 5.74) is 3.14. The SMILES string of the molecule is CCOc1ccc(NCCc2c[nH]c3ccccc23)c(C(=O)O)c1. The lowest BCUT2D eigenvalue weighted by molar-refractivity contribution is 0.0697. The van der Waals surface area contributed by atoms with Crippen molar-refractivity contribution in [3.8, 4) is 5.75 Å². The normalized spacial score (nSPS) is 10.7. The molecule has 5 heteroatoms. The maximum Gasteiger partial charge on any atom is 0.337 e. The number of nitrogens with one attached hydrogen (secondary N) is 2. The van der Waals surface area contributed by atoms with Crippen LogP contribution in [0.3, 0.4) is 0 Å². The van der Waals surface area contributed by atoms with E-state index in [9.17, 15) is 9.90 Å². The molecule has 0 aliphatic carbocycles. The van der Waals surface area contributed by atoms with Gasteiger partial charge in [-0.2, -0.15) is 0 Å². The number of carboxylic acid groups (broad SMARTS) is 1. The van der Waals surface area contributed by atoms with Crippen LogP contribution in [0.1, 0.15) is 22.8 Å². The number of para-hydroxylation sites is 1. The number of H-pyrrole nitrogens is 1. The van der Waals surface area contributed by atoms with Gasteiger partial charge in [-0.25, -0.2) is 4.79 Å². The molecule has 0 spiro atoms. The number of hydrogen-bond donors (Lipinski definition) is 3. The van der Waals surface area contributed by atoms with Crippen LogP contribution in [0.2, 0.25) is 0 Å². The third-order valence-electron chi connectivity index (χ3n) is 3.92. The first-order valence-corrected chi connectivity index (χ1v) is 7.98. The van der Waals surface area contributed by atoms with E-state index >= 15 is 0 Å². The number of ether oxygens (including phenoxy) is 1. The molecule has 3 rings (SSSR count). The topological polar surface area (TPSA) is 74.3 Å². The van der Waals surface area contributed by atoms with Crippen molar-refractivity contribution in [2.24, 2.45) is 0 Å². The maximum atomic E-state index is 11.4. The summed E-state index contributed by atoms with van der Waals surface area (Å²) in [6.07, 6.45) is 2.80. The highest BCUT2D eigenvalue weighted by atomic mass is 16.5. The summed E-state index contributed by atoms with van der Waals surface area (Å²) in [6, 6.07) is 13.2. The number of fused-ring (bicyclic) bond motifs is 1. The van der Waals surface area contributed by atoms with Gasteiger partial charge < -0.3 is 20.1 Å². The number of carboxylic acids is 1. The van der Waals surface area contributed by atoms with E-state index < -0.39 is 5.97 Å². The molecule has 0 amide bonds. The van der Waals surface area contributed by atoms with Crippen LogP contribution in [-0.2, 0) is 6.42 Å². The molecule has 0 saturated heterocycles. The molecular formula is C19H20N2O3. The number of benzene rings is 2. The second-order valence-corrected chi connectivity index (χ2v) is 5.48. The minimum atomic E-state index is -0.967. The minimum Gasteiger partial charge on any atom is -0.494 e. The van der Waals surface area contributed by atoms with Crippen molar-refractivity contribution in [1.82, 2.24) is 4.98 Å². The van der Waals surface area contributed by atoms with Gasteiger partial charge in [0.25, 0.3) is 0 Å². The number of aromatic carboxylic acids is 1. The monoisotopic (exact) mass is 324 g/mol. The number of anilines is 1. The van der Waals surface area contributed by atoms with Gasteiger partial charge in [-0.1, -0.05) is 18.2 Å². The Hall–Kier alpha value is -2.95. The van der Waals surface area contributed by atoms with Gasteiger partial charge in [0.05, 0.1) is 12.2 Å². The van der Waals surface area contributed by atoms with Crippen molar-refractivity contribution in [2.45, 2.75) is 13.3 Å². The molecule has 0 aliphatic heterocycles. The predicted molar refractivity (Wildman–Crippen MR) is 95.1 cm³/mol. The van der Waals surface area contributed by atoms with Gasteiger partial charge in [-0.05, 0) is 43.2 Å². The van der Waals surface area contributed by atoms with E-state index in [2.05, 4.69) is 16.4 Å². The molecule has 0 radical (unpaired) electrons. The van der Waals surface area contributed by atoms with Crippen LogP contribution in [-0.4, -0.2) is 29.2 Å². The fraction of sp³-hybridized carbons (Fsp3) is 0.211. The largest absolute Gasteiger partial charge is 0.494 e. The molecule has 0 unspecified atom stereocenters. The van der Waals surface area contributed by atoms with E-state index in [0.29, 0.717) is 24.6 Å².